The third kappa shape index (κ3) is 5.56. The van der Waals surface area contributed by atoms with Gasteiger partial charge in [0.2, 0.25) is 0 Å². The number of hydrogen-bond donors (Lipinski definition) is 0. The van der Waals surface area contributed by atoms with Crippen LogP contribution in [0.4, 0.5) is 4.79 Å². The lowest BCUT2D eigenvalue weighted by molar-refractivity contribution is -0.453. The van der Waals surface area contributed by atoms with Gasteiger partial charge in [0.1, 0.15) is 6.10 Å². The first-order valence-electron chi connectivity index (χ1n) is 7.93. The molecule has 0 amide bonds. The summed E-state index contributed by atoms with van der Waals surface area (Å²) in [7, 11) is 0. The van der Waals surface area contributed by atoms with E-state index in [1.807, 2.05) is 19.1 Å². The lowest BCUT2D eigenvalue weighted by Crippen LogP contribution is -2.24. The van der Waals surface area contributed by atoms with Gasteiger partial charge in [0, 0.05) is 0 Å². The molecule has 6 nitrogen and oxygen atoms in total. The van der Waals surface area contributed by atoms with Crippen LogP contribution in [0.25, 0.3) is 0 Å². The molecule has 1 saturated carbocycles. The maximum Gasteiger partial charge on any atom is 0.543 e. The number of benzene rings is 1. The Bertz CT molecular complexity index is 516. The predicted octanol–water partition coefficient (Wildman–Crippen LogP) is 3.98. The Labute approximate surface area is 135 Å². The van der Waals surface area contributed by atoms with Crippen molar-refractivity contribution >= 4 is 12.1 Å². The monoisotopic (exact) mass is 322 g/mol. The molecule has 0 radical (unpaired) electrons. The second-order valence-corrected chi connectivity index (χ2v) is 5.82. The number of hydrogen-bond acceptors (Lipinski definition) is 6. The zero-order chi connectivity index (χ0) is 16.7. The van der Waals surface area contributed by atoms with Crippen LogP contribution in [0.15, 0.2) is 24.3 Å². The van der Waals surface area contributed by atoms with Crippen LogP contribution in [-0.4, -0.2) is 18.2 Å². The second-order valence-electron chi connectivity index (χ2n) is 5.82. The Hall–Kier alpha value is -2.08. The molecule has 1 aromatic rings. The summed E-state index contributed by atoms with van der Waals surface area (Å²) in [5.41, 5.74) is 1.41. The molecule has 23 heavy (non-hydrogen) atoms. The summed E-state index contributed by atoms with van der Waals surface area (Å²) >= 11 is 0. The first kappa shape index (κ1) is 17.3. The van der Waals surface area contributed by atoms with Crippen LogP contribution >= 0.6 is 0 Å². The molecule has 0 heterocycles. The molecular formula is C17H22O6. The van der Waals surface area contributed by atoms with Crippen LogP contribution in [0, 0.1) is 5.92 Å². The van der Waals surface area contributed by atoms with Gasteiger partial charge in [-0.3, -0.25) is 4.89 Å². The molecule has 0 aliphatic heterocycles. The first-order chi connectivity index (χ1) is 11.1. The van der Waals surface area contributed by atoms with Gasteiger partial charge in [0.25, 0.3) is 0 Å². The van der Waals surface area contributed by atoms with Crippen molar-refractivity contribution in [1.29, 1.82) is 0 Å². The Kier molecular flexibility index (Phi) is 6.40. The van der Waals surface area contributed by atoms with Crippen molar-refractivity contribution in [3.8, 4) is 0 Å². The second kappa shape index (κ2) is 8.53. The summed E-state index contributed by atoms with van der Waals surface area (Å²) in [5, 5.41) is 4.21. The van der Waals surface area contributed by atoms with Gasteiger partial charge >= 0.3 is 12.1 Å². The summed E-state index contributed by atoms with van der Waals surface area (Å²) in [6.45, 7) is 4.19. The van der Waals surface area contributed by atoms with Gasteiger partial charge in [-0.25, -0.2) is 14.5 Å². The van der Waals surface area contributed by atoms with E-state index in [-0.39, 0.29) is 6.10 Å². The molecule has 0 bridgehead atoms. The zero-order valence-corrected chi connectivity index (χ0v) is 13.4. The Morgan fingerprint density at radius 1 is 1.04 bits per heavy atom. The highest BCUT2D eigenvalue weighted by molar-refractivity contribution is 5.88. The van der Waals surface area contributed by atoms with Crippen LogP contribution in [0.1, 0.15) is 55.5 Å². The van der Waals surface area contributed by atoms with E-state index in [0.29, 0.717) is 11.5 Å². The smallest absolute Gasteiger partial charge is 0.429 e. The maximum atomic E-state index is 11.7. The fourth-order valence-corrected chi connectivity index (χ4v) is 2.50. The van der Waals surface area contributed by atoms with Crippen molar-refractivity contribution in [1.82, 2.24) is 0 Å². The number of carbonyl (C=O) groups excluding carboxylic acids is 2. The first-order valence-corrected chi connectivity index (χ1v) is 7.93. The Morgan fingerprint density at radius 2 is 1.70 bits per heavy atom. The number of rotatable bonds is 5. The average molecular weight is 322 g/mol. The van der Waals surface area contributed by atoms with Crippen LogP contribution < -0.4 is 0 Å². The fourth-order valence-electron chi connectivity index (χ4n) is 2.50. The van der Waals surface area contributed by atoms with E-state index in [9.17, 15) is 9.59 Å². The molecule has 0 unspecified atom stereocenters. The highest BCUT2D eigenvalue weighted by atomic mass is 17.5. The molecule has 0 aromatic heterocycles. The van der Waals surface area contributed by atoms with Gasteiger partial charge in [-0.05, 0) is 55.7 Å². The lowest BCUT2D eigenvalue weighted by atomic mass is 9.89. The van der Waals surface area contributed by atoms with Crippen molar-refractivity contribution < 1.29 is 29.1 Å². The third-order valence-electron chi connectivity index (χ3n) is 4.04. The van der Waals surface area contributed by atoms with E-state index in [4.69, 9.17) is 4.74 Å². The number of carbonyl (C=O) groups is 2. The predicted molar refractivity (Wildman–Crippen MR) is 81.3 cm³/mol. The van der Waals surface area contributed by atoms with Gasteiger partial charge in [-0.1, -0.05) is 26.0 Å². The normalized spacial score (nSPS) is 20.6. The molecule has 0 N–H and O–H groups in total. The lowest BCUT2D eigenvalue weighted by Gasteiger charge is -2.24. The molecule has 1 aliphatic carbocycles. The third-order valence-corrected chi connectivity index (χ3v) is 4.04. The molecule has 1 fully saturated rings. The topological polar surface area (TPSA) is 71.1 Å². The largest absolute Gasteiger partial charge is 0.543 e. The molecule has 0 atom stereocenters. The Morgan fingerprint density at radius 3 is 2.30 bits per heavy atom. The molecule has 1 aliphatic rings. The minimum Gasteiger partial charge on any atom is -0.429 e. The van der Waals surface area contributed by atoms with Gasteiger partial charge in [-0.15, -0.1) is 0 Å². The number of ether oxygens (including phenoxy) is 1. The molecule has 126 valence electrons. The summed E-state index contributed by atoms with van der Waals surface area (Å²) in [5.74, 6) is -0.0888. The number of aryl methyl sites for hydroxylation is 1. The highest BCUT2D eigenvalue weighted by Crippen LogP contribution is 2.25. The van der Waals surface area contributed by atoms with Crippen molar-refractivity contribution in [2.24, 2.45) is 5.92 Å². The van der Waals surface area contributed by atoms with Crippen LogP contribution in [-0.2, 0) is 26.0 Å². The SMILES string of the molecule is CCc1ccc(C(=O)OOOC(=O)OC2CCC(C)CC2)cc1. The molecule has 0 spiro atoms. The van der Waals surface area contributed by atoms with E-state index in [2.05, 4.69) is 21.7 Å². The van der Waals surface area contributed by atoms with Crippen molar-refractivity contribution in [3.63, 3.8) is 0 Å². The maximum absolute atomic E-state index is 11.7. The van der Waals surface area contributed by atoms with Gasteiger partial charge in [0.15, 0.2) is 0 Å². The molecule has 1 aromatic carbocycles. The minimum atomic E-state index is -1.00. The molecule has 0 saturated heterocycles. The van der Waals surface area contributed by atoms with Crippen molar-refractivity contribution in [2.45, 2.75) is 52.1 Å². The van der Waals surface area contributed by atoms with E-state index in [1.165, 1.54) is 0 Å². The molecule has 6 heteroatoms. The van der Waals surface area contributed by atoms with E-state index >= 15 is 0 Å². The standard InChI is InChI=1S/C17H22O6/c1-3-13-6-8-14(9-7-13)16(18)21-23-22-17(19)20-15-10-4-12(2)5-11-15/h6-9,12,15H,3-5,10-11H2,1-2H3. The van der Waals surface area contributed by atoms with E-state index in [1.54, 1.807) is 12.1 Å². The van der Waals surface area contributed by atoms with Crippen LogP contribution in [0.5, 0.6) is 0 Å². The molecule has 2 rings (SSSR count). The zero-order valence-electron chi connectivity index (χ0n) is 13.4. The summed E-state index contributed by atoms with van der Waals surface area (Å²) < 4.78 is 5.08. The summed E-state index contributed by atoms with van der Waals surface area (Å²) in [6.07, 6.45) is 3.35. The average Bonchev–Trinajstić information content (AvgIpc) is 2.57. The van der Waals surface area contributed by atoms with Gasteiger partial charge in [0.05, 0.1) is 10.6 Å². The van der Waals surface area contributed by atoms with Gasteiger partial charge in [-0.2, -0.15) is 0 Å². The Balaban J connectivity index is 1.67. The van der Waals surface area contributed by atoms with Gasteiger partial charge < -0.3 is 4.74 Å². The summed E-state index contributed by atoms with van der Waals surface area (Å²) in [4.78, 5) is 31.8. The van der Waals surface area contributed by atoms with Crippen LogP contribution in [0.2, 0.25) is 0 Å². The summed E-state index contributed by atoms with van der Waals surface area (Å²) in [6, 6.07) is 6.86. The van der Waals surface area contributed by atoms with Crippen molar-refractivity contribution in [2.75, 3.05) is 0 Å². The van der Waals surface area contributed by atoms with E-state index in [0.717, 1.165) is 37.7 Å². The van der Waals surface area contributed by atoms with E-state index < -0.39 is 12.1 Å². The fraction of sp³-hybridized carbons (Fsp3) is 0.529. The minimum absolute atomic E-state index is 0.167. The molecular weight excluding hydrogens is 300 g/mol. The quantitative estimate of drug-likeness (QED) is 0.464. The highest BCUT2D eigenvalue weighted by Gasteiger charge is 2.23. The van der Waals surface area contributed by atoms with Crippen molar-refractivity contribution in [3.05, 3.63) is 35.4 Å². The van der Waals surface area contributed by atoms with Crippen LogP contribution in [0.3, 0.4) is 0 Å².